The maximum absolute atomic E-state index is 11.9. The fourth-order valence-corrected chi connectivity index (χ4v) is 21.0. The summed E-state index contributed by atoms with van der Waals surface area (Å²) in [5.41, 5.74) is 0. The van der Waals surface area contributed by atoms with Gasteiger partial charge in [0.05, 0.1) is 0 Å². The Kier molecular flexibility index (Phi) is 9.22. The Morgan fingerprint density at radius 3 is 1.85 bits per heavy atom. The van der Waals surface area contributed by atoms with Crippen LogP contribution in [0, 0.1) is 5.92 Å². The SMILES string of the molecule is CCC[CH2][Sn]([CH2]CCC)([CH2]CCC)[CH2]C1CCOC1=O. The van der Waals surface area contributed by atoms with Crippen molar-refractivity contribution in [2.45, 2.75) is 83.5 Å². The van der Waals surface area contributed by atoms with E-state index < -0.39 is 18.4 Å². The van der Waals surface area contributed by atoms with Crippen LogP contribution in [0.4, 0.5) is 0 Å². The van der Waals surface area contributed by atoms with Gasteiger partial charge in [-0.25, -0.2) is 0 Å². The number of hydrogen-bond acceptors (Lipinski definition) is 2. The van der Waals surface area contributed by atoms with Crippen LogP contribution in [0.1, 0.15) is 65.7 Å². The van der Waals surface area contributed by atoms with Crippen molar-refractivity contribution in [3.05, 3.63) is 0 Å². The van der Waals surface area contributed by atoms with E-state index in [1.807, 2.05) is 0 Å². The summed E-state index contributed by atoms with van der Waals surface area (Å²) < 4.78 is 11.0. The van der Waals surface area contributed by atoms with E-state index >= 15 is 0 Å². The third kappa shape index (κ3) is 5.95. The van der Waals surface area contributed by atoms with Gasteiger partial charge in [0, 0.05) is 0 Å². The van der Waals surface area contributed by atoms with Crippen LogP contribution in [0.2, 0.25) is 17.7 Å². The van der Waals surface area contributed by atoms with Crippen LogP contribution in [0.3, 0.4) is 0 Å². The summed E-state index contributed by atoms with van der Waals surface area (Å²) in [6.07, 6.45) is 9.12. The van der Waals surface area contributed by atoms with Crippen molar-refractivity contribution < 1.29 is 9.53 Å². The third-order valence-corrected chi connectivity index (χ3v) is 20.9. The first-order valence-corrected chi connectivity index (χ1v) is 16.9. The normalized spacial score (nSPS) is 19.4. The molecule has 0 N–H and O–H groups in total. The molecule has 0 aromatic heterocycles. The summed E-state index contributed by atoms with van der Waals surface area (Å²) in [5.74, 6) is 0.395. The Morgan fingerprint density at radius 1 is 1.00 bits per heavy atom. The molecule has 0 bridgehead atoms. The Balaban J connectivity index is 2.72. The standard InChI is InChI=1S/C5H7O2.3C4H9.Sn/c1-4-2-3-7-5(4)6;3*1-3-4-2;/h4H,1-3H2;3*1,3-4H2,2H3;. The Hall–Kier alpha value is 0.269. The van der Waals surface area contributed by atoms with E-state index in [1.54, 1.807) is 0 Å². The van der Waals surface area contributed by atoms with Gasteiger partial charge >= 0.3 is 130 Å². The second-order valence-electron chi connectivity index (χ2n) is 6.67. The number of carbonyl (C=O) groups is 1. The topological polar surface area (TPSA) is 26.3 Å². The predicted molar refractivity (Wildman–Crippen MR) is 88.8 cm³/mol. The van der Waals surface area contributed by atoms with Crippen molar-refractivity contribution in [3.8, 4) is 0 Å². The second-order valence-corrected chi connectivity index (χ2v) is 20.7. The summed E-state index contributed by atoms with van der Waals surface area (Å²) >= 11 is -2.12. The van der Waals surface area contributed by atoms with E-state index in [4.69, 9.17) is 4.74 Å². The predicted octanol–water partition coefficient (Wildman–Crippen LogP) is 5.40. The summed E-state index contributed by atoms with van der Waals surface area (Å²) in [5, 5.41) is 0. The van der Waals surface area contributed by atoms with E-state index in [0.717, 1.165) is 6.42 Å². The van der Waals surface area contributed by atoms with Crippen molar-refractivity contribution in [3.63, 3.8) is 0 Å². The molecule has 3 heteroatoms. The monoisotopic (exact) mass is 390 g/mol. The molecule has 1 aliphatic heterocycles. The van der Waals surface area contributed by atoms with Crippen LogP contribution in [0.25, 0.3) is 0 Å². The molecule has 0 aromatic carbocycles. The molecule has 118 valence electrons. The molecule has 0 aliphatic carbocycles. The Morgan fingerprint density at radius 2 is 1.50 bits per heavy atom. The summed E-state index contributed by atoms with van der Waals surface area (Å²) in [4.78, 5) is 11.9. The van der Waals surface area contributed by atoms with Crippen LogP contribution < -0.4 is 0 Å². The molecule has 0 saturated carbocycles. The second kappa shape index (κ2) is 10.1. The average molecular weight is 389 g/mol. The molecule has 2 nitrogen and oxygen atoms in total. The van der Waals surface area contributed by atoms with Crippen molar-refractivity contribution in [1.82, 2.24) is 0 Å². The fraction of sp³-hybridized carbons (Fsp3) is 0.941. The molecule has 1 aliphatic rings. The fourth-order valence-electron chi connectivity index (χ4n) is 3.58. The number of esters is 1. The first-order chi connectivity index (χ1) is 9.67. The molecule has 20 heavy (non-hydrogen) atoms. The molecule has 1 atom stereocenters. The van der Waals surface area contributed by atoms with Gasteiger partial charge in [0.2, 0.25) is 0 Å². The number of unbranched alkanes of at least 4 members (excludes halogenated alkanes) is 3. The first kappa shape index (κ1) is 18.3. The van der Waals surface area contributed by atoms with E-state index in [9.17, 15) is 4.79 Å². The van der Waals surface area contributed by atoms with Crippen LogP contribution in [-0.2, 0) is 9.53 Å². The molecule has 0 spiro atoms. The van der Waals surface area contributed by atoms with E-state index in [0.29, 0.717) is 6.61 Å². The molecular formula is C17H34O2Sn. The van der Waals surface area contributed by atoms with Crippen molar-refractivity contribution in [1.29, 1.82) is 0 Å². The average Bonchev–Trinajstić information content (AvgIpc) is 2.85. The van der Waals surface area contributed by atoms with Gasteiger partial charge in [-0.1, -0.05) is 0 Å². The van der Waals surface area contributed by atoms with Crippen LogP contribution in [0.15, 0.2) is 0 Å². The van der Waals surface area contributed by atoms with Gasteiger partial charge in [-0.05, 0) is 0 Å². The van der Waals surface area contributed by atoms with Crippen molar-refractivity contribution >= 4 is 24.3 Å². The molecule has 0 aromatic rings. The van der Waals surface area contributed by atoms with Gasteiger partial charge in [-0.15, -0.1) is 0 Å². The van der Waals surface area contributed by atoms with Gasteiger partial charge in [0.15, 0.2) is 0 Å². The zero-order valence-corrected chi connectivity index (χ0v) is 16.7. The van der Waals surface area contributed by atoms with Gasteiger partial charge in [0.25, 0.3) is 0 Å². The van der Waals surface area contributed by atoms with Gasteiger partial charge in [-0.2, -0.15) is 0 Å². The van der Waals surface area contributed by atoms with E-state index in [1.165, 1.54) is 56.3 Å². The molecular weight excluding hydrogens is 355 g/mol. The number of cyclic esters (lactones) is 1. The minimum atomic E-state index is -2.12. The zero-order valence-electron chi connectivity index (χ0n) is 13.9. The number of ether oxygens (including phenoxy) is 1. The molecule has 1 heterocycles. The number of rotatable bonds is 11. The minimum absolute atomic E-state index is 0.121. The molecule has 1 fully saturated rings. The molecule has 1 saturated heterocycles. The number of carbonyl (C=O) groups excluding carboxylic acids is 1. The van der Waals surface area contributed by atoms with E-state index in [2.05, 4.69) is 20.8 Å². The Labute approximate surface area is 129 Å². The molecule has 1 rings (SSSR count). The molecule has 0 radical (unpaired) electrons. The summed E-state index contributed by atoms with van der Waals surface area (Å²) in [6, 6.07) is 0. The molecule has 1 unspecified atom stereocenters. The van der Waals surface area contributed by atoms with Gasteiger partial charge < -0.3 is 0 Å². The van der Waals surface area contributed by atoms with Gasteiger partial charge in [0.1, 0.15) is 0 Å². The summed E-state index contributed by atoms with van der Waals surface area (Å²) in [6.45, 7) is 7.60. The molecule has 0 amide bonds. The third-order valence-electron chi connectivity index (χ3n) is 4.91. The maximum atomic E-state index is 11.9. The summed E-state index contributed by atoms with van der Waals surface area (Å²) in [7, 11) is 0. The van der Waals surface area contributed by atoms with E-state index in [-0.39, 0.29) is 11.9 Å². The Bertz CT molecular complexity index is 256. The van der Waals surface area contributed by atoms with Gasteiger partial charge in [-0.3, -0.25) is 0 Å². The number of hydrogen-bond donors (Lipinski definition) is 0. The van der Waals surface area contributed by atoms with Crippen LogP contribution >= 0.6 is 0 Å². The van der Waals surface area contributed by atoms with Crippen molar-refractivity contribution in [2.75, 3.05) is 6.61 Å². The van der Waals surface area contributed by atoms with Crippen LogP contribution in [-0.4, -0.2) is 31.0 Å². The van der Waals surface area contributed by atoms with Crippen LogP contribution in [0.5, 0.6) is 0 Å². The zero-order chi connectivity index (χ0) is 14.8. The quantitative estimate of drug-likeness (QED) is 0.350. The first-order valence-electron chi connectivity index (χ1n) is 8.84. The van der Waals surface area contributed by atoms with Crippen molar-refractivity contribution in [2.24, 2.45) is 5.92 Å².